The van der Waals surface area contributed by atoms with Gasteiger partial charge < -0.3 is 24.3 Å². The molecule has 0 saturated heterocycles. The number of nitrogens with one attached hydrogen (secondary N) is 1. The lowest BCUT2D eigenvalue weighted by Gasteiger charge is -2.38. The molecule has 0 radical (unpaired) electrons. The fraction of sp³-hybridized carbons (Fsp3) is 0.519. The van der Waals surface area contributed by atoms with Crippen LogP contribution in [0, 0.1) is 11.8 Å². The number of dihydropyridines is 1. The van der Waals surface area contributed by atoms with E-state index in [0.29, 0.717) is 42.2 Å². The molecule has 8 nitrogen and oxygen atoms in total. The fourth-order valence-electron chi connectivity index (χ4n) is 4.68. The molecule has 35 heavy (non-hydrogen) atoms. The van der Waals surface area contributed by atoms with Crippen molar-refractivity contribution in [2.45, 2.75) is 46.5 Å². The van der Waals surface area contributed by atoms with Gasteiger partial charge in [-0.15, -0.1) is 0 Å². The average Bonchev–Trinajstić information content (AvgIpc) is 2.84. The van der Waals surface area contributed by atoms with E-state index in [1.54, 1.807) is 6.92 Å². The Kier molecular flexibility index (Phi) is 9.09. The SMILES string of the molecule is CCCOc1ccc([C@@H]2C(C(=O)OCCOCC)=C(C)NC3=C2C(=O)[C@@H](C(=O)OC)[C@H](C)C3)cc1. The highest BCUT2D eigenvalue weighted by molar-refractivity contribution is 6.12. The first-order chi connectivity index (χ1) is 16.8. The van der Waals surface area contributed by atoms with Crippen molar-refractivity contribution >= 4 is 17.7 Å². The van der Waals surface area contributed by atoms with E-state index in [1.807, 2.05) is 45.0 Å². The van der Waals surface area contributed by atoms with E-state index in [9.17, 15) is 14.4 Å². The van der Waals surface area contributed by atoms with Gasteiger partial charge >= 0.3 is 11.9 Å². The van der Waals surface area contributed by atoms with Crippen molar-refractivity contribution in [1.82, 2.24) is 5.32 Å². The molecule has 1 aliphatic carbocycles. The van der Waals surface area contributed by atoms with Gasteiger partial charge in [-0.25, -0.2) is 4.79 Å². The summed E-state index contributed by atoms with van der Waals surface area (Å²) in [6.45, 7) is 9.05. The summed E-state index contributed by atoms with van der Waals surface area (Å²) in [5, 5.41) is 3.26. The van der Waals surface area contributed by atoms with Crippen LogP contribution in [0.3, 0.4) is 0 Å². The molecule has 0 amide bonds. The normalized spacial score (nSPS) is 21.9. The third-order valence-electron chi connectivity index (χ3n) is 6.31. The van der Waals surface area contributed by atoms with Crippen LogP contribution in [0.15, 0.2) is 46.8 Å². The predicted octanol–water partition coefficient (Wildman–Crippen LogP) is 3.67. The molecular formula is C27H35NO7. The lowest BCUT2D eigenvalue weighted by atomic mass is 9.69. The second kappa shape index (κ2) is 12.0. The van der Waals surface area contributed by atoms with E-state index in [1.165, 1.54) is 7.11 Å². The van der Waals surface area contributed by atoms with Crippen molar-refractivity contribution in [3.8, 4) is 5.75 Å². The van der Waals surface area contributed by atoms with Crippen LogP contribution in [0.4, 0.5) is 0 Å². The maximum atomic E-state index is 13.7. The lowest BCUT2D eigenvalue weighted by molar-refractivity contribution is -0.151. The highest BCUT2D eigenvalue weighted by Crippen LogP contribution is 2.45. The summed E-state index contributed by atoms with van der Waals surface area (Å²) in [5.74, 6) is -2.57. The topological polar surface area (TPSA) is 100 Å². The summed E-state index contributed by atoms with van der Waals surface area (Å²) in [7, 11) is 1.28. The Hall–Kier alpha value is -3.13. The van der Waals surface area contributed by atoms with Gasteiger partial charge in [-0.2, -0.15) is 0 Å². The summed E-state index contributed by atoms with van der Waals surface area (Å²) in [5.41, 5.74) is 2.84. The summed E-state index contributed by atoms with van der Waals surface area (Å²) >= 11 is 0. The van der Waals surface area contributed by atoms with E-state index in [0.717, 1.165) is 17.7 Å². The molecule has 3 atom stereocenters. The fourth-order valence-corrected chi connectivity index (χ4v) is 4.68. The number of carbonyl (C=O) groups excluding carboxylic acids is 3. The first-order valence-corrected chi connectivity index (χ1v) is 12.1. The van der Waals surface area contributed by atoms with E-state index in [-0.39, 0.29) is 24.9 Å². The Bertz CT molecular complexity index is 1010. The van der Waals surface area contributed by atoms with Crippen molar-refractivity contribution in [2.24, 2.45) is 11.8 Å². The Morgan fingerprint density at radius 3 is 2.43 bits per heavy atom. The summed E-state index contributed by atoms with van der Waals surface area (Å²) in [6.07, 6.45) is 1.37. The first kappa shape index (κ1) is 26.5. The zero-order valence-corrected chi connectivity index (χ0v) is 21.1. The van der Waals surface area contributed by atoms with Crippen molar-refractivity contribution in [2.75, 3.05) is 33.5 Å². The molecule has 190 valence electrons. The van der Waals surface area contributed by atoms with Gasteiger partial charge in [0.2, 0.25) is 0 Å². The monoisotopic (exact) mass is 485 g/mol. The van der Waals surface area contributed by atoms with Gasteiger partial charge in [0, 0.05) is 29.5 Å². The third kappa shape index (κ3) is 5.75. The maximum absolute atomic E-state index is 13.7. The number of allylic oxidation sites excluding steroid dienone is 3. The molecule has 1 aromatic carbocycles. The molecule has 1 aliphatic heterocycles. The van der Waals surface area contributed by atoms with Gasteiger partial charge in [0.1, 0.15) is 18.3 Å². The Balaban J connectivity index is 2.04. The van der Waals surface area contributed by atoms with Gasteiger partial charge in [-0.1, -0.05) is 26.0 Å². The lowest BCUT2D eigenvalue weighted by Crippen LogP contribution is -2.43. The highest BCUT2D eigenvalue weighted by Gasteiger charge is 2.47. The van der Waals surface area contributed by atoms with Crippen LogP contribution < -0.4 is 10.1 Å². The molecule has 0 fully saturated rings. The van der Waals surface area contributed by atoms with Crippen LogP contribution >= 0.6 is 0 Å². The molecule has 0 unspecified atom stereocenters. The molecule has 1 heterocycles. The Morgan fingerprint density at radius 1 is 1.09 bits per heavy atom. The second-order valence-corrected chi connectivity index (χ2v) is 8.79. The molecule has 0 spiro atoms. The minimum Gasteiger partial charge on any atom is -0.494 e. The van der Waals surface area contributed by atoms with E-state index < -0.39 is 23.8 Å². The van der Waals surface area contributed by atoms with E-state index in [4.69, 9.17) is 18.9 Å². The quantitative estimate of drug-likeness (QED) is 0.304. The molecule has 3 rings (SSSR count). The van der Waals surface area contributed by atoms with Gasteiger partial charge in [-0.3, -0.25) is 9.59 Å². The van der Waals surface area contributed by atoms with Crippen molar-refractivity contribution < 1.29 is 33.3 Å². The Labute approximate surface area is 206 Å². The number of ether oxygens (including phenoxy) is 4. The van der Waals surface area contributed by atoms with Crippen LogP contribution in [0.1, 0.15) is 52.0 Å². The summed E-state index contributed by atoms with van der Waals surface area (Å²) in [4.78, 5) is 39.5. The molecule has 0 saturated carbocycles. The largest absolute Gasteiger partial charge is 0.494 e. The smallest absolute Gasteiger partial charge is 0.336 e. The second-order valence-electron chi connectivity index (χ2n) is 8.79. The molecule has 1 aromatic rings. The number of Topliss-reactive ketones (excluding diaryl/α,β-unsaturated/α-hetero) is 1. The highest BCUT2D eigenvalue weighted by atomic mass is 16.6. The van der Waals surface area contributed by atoms with Crippen molar-refractivity contribution in [3.63, 3.8) is 0 Å². The van der Waals surface area contributed by atoms with Crippen LogP contribution in [0.25, 0.3) is 0 Å². The molecule has 1 N–H and O–H groups in total. The number of rotatable bonds is 10. The zero-order chi connectivity index (χ0) is 25.5. The standard InChI is InChI=1S/C27H35NO7/c1-6-12-34-19-10-8-18(9-11-19)23-22(27(31)35-14-13-33-7-2)17(4)28-20-15-16(3)21(26(30)32-5)25(29)24(20)23/h8-11,16,21,23,28H,6-7,12-15H2,1-5H3/t16-,21+,23-/m1/s1. The minimum atomic E-state index is -0.927. The van der Waals surface area contributed by atoms with Crippen LogP contribution in [-0.2, 0) is 28.6 Å². The van der Waals surface area contributed by atoms with Crippen LogP contribution in [0.5, 0.6) is 5.75 Å². The zero-order valence-electron chi connectivity index (χ0n) is 21.1. The molecule has 0 aromatic heterocycles. The number of ketones is 1. The number of benzene rings is 1. The predicted molar refractivity (Wildman–Crippen MR) is 130 cm³/mol. The first-order valence-electron chi connectivity index (χ1n) is 12.1. The van der Waals surface area contributed by atoms with Gasteiger partial charge in [-0.05, 0) is 50.3 Å². The van der Waals surface area contributed by atoms with E-state index >= 15 is 0 Å². The molecule has 2 aliphatic rings. The number of hydrogen-bond donors (Lipinski definition) is 1. The van der Waals surface area contributed by atoms with Crippen LogP contribution in [0.2, 0.25) is 0 Å². The maximum Gasteiger partial charge on any atom is 0.336 e. The number of esters is 2. The average molecular weight is 486 g/mol. The van der Waals surface area contributed by atoms with Crippen molar-refractivity contribution in [3.05, 3.63) is 52.4 Å². The van der Waals surface area contributed by atoms with Crippen LogP contribution in [-0.4, -0.2) is 51.3 Å². The molecule has 0 bridgehead atoms. The number of carbonyl (C=O) groups is 3. The minimum absolute atomic E-state index is 0.0988. The molecule has 8 heteroatoms. The summed E-state index contributed by atoms with van der Waals surface area (Å²) < 4.78 is 21.4. The molecular weight excluding hydrogens is 450 g/mol. The Morgan fingerprint density at radius 2 is 1.80 bits per heavy atom. The van der Waals surface area contributed by atoms with Gasteiger partial charge in [0.25, 0.3) is 0 Å². The van der Waals surface area contributed by atoms with Gasteiger partial charge in [0.15, 0.2) is 5.78 Å². The number of methoxy groups -OCH3 is 1. The van der Waals surface area contributed by atoms with Gasteiger partial charge in [0.05, 0.1) is 25.9 Å². The van der Waals surface area contributed by atoms with Crippen molar-refractivity contribution in [1.29, 1.82) is 0 Å². The van der Waals surface area contributed by atoms with E-state index in [2.05, 4.69) is 5.32 Å². The third-order valence-corrected chi connectivity index (χ3v) is 6.31. The summed E-state index contributed by atoms with van der Waals surface area (Å²) in [6, 6.07) is 7.36. The number of hydrogen-bond acceptors (Lipinski definition) is 8.